The van der Waals surface area contributed by atoms with Gasteiger partial charge in [0.2, 0.25) is 0 Å². The lowest BCUT2D eigenvalue weighted by atomic mass is 9.98. The Hall–Kier alpha value is -0.610. The lowest BCUT2D eigenvalue weighted by Gasteiger charge is -2.38. The van der Waals surface area contributed by atoms with Crippen LogP contribution in [0.25, 0.3) is 0 Å². The summed E-state index contributed by atoms with van der Waals surface area (Å²) in [5, 5.41) is 9.15. The van der Waals surface area contributed by atoms with E-state index in [2.05, 4.69) is 11.8 Å². The Morgan fingerprint density at radius 2 is 2.33 bits per heavy atom. The molecule has 1 heterocycles. The third kappa shape index (κ3) is 3.18. The normalized spacial score (nSPS) is 25.1. The van der Waals surface area contributed by atoms with Crippen LogP contribution in [-0.4, -0.2) is 48.3 Å². The standard InChI is InChI=1S/C11H21NO3/c1-3-9-6-4-5-7-12(9)10(8-15-2)11(13)14/h9-10H,3-8H2,1-2H3,(H,13,14). The maximum Gasteiger partial charge on any atom is 0.323 e. The molecule has 0 aromatic rings. The third-order valence-electron chi connectivity index (χ3n) is 3.15. The Labute approximate surface area is 91.2 Å². The zero-order valence-corrected chi connectivity index (χ0v) is 9.61. The fourth-order valence-corrected chi connectivity index (χ4v) is 2.34. The number of carboxylic acid groups (broad SMARTS) is 1. The summed E-state index contributed by atoms with van der Waals surface area (Å²) < 4.78 is 4.99. The van der Waals surface area contributed by atoms with Gasteiger partial charge in [0.05, 0.1) is 6.61 Å². The zero-order chi connectivity index (χ0) is 11.3. The first-order chi connectivity index (χ1) is 7.20. The molecule has 1 aliphatic rings. The lowest BCUT2D eigenvalue weighted by molar-refractivity contribution is -0.147. The SMILES string of the molecule is CCC1CCCCN1C(COC)C(=O)O. The summed E-state index contributed by atoms with van der Waals surface area (Å²) in [6.45, 7) is 3.29. The number of ether oxygens (including phenoxy) is 1. The van der Waals surface area contributed by atoms with Crippen molar-refractivity contribution in [2.75, 3.05) is 20.3 Å². The molecule has 4 nitrogen and oxygen atoms in total. The summed E-state index contributed by atoms with van der Waals surface area (Å²) in [6, 6.07) is -0.0600. The van der Waals surface area contributed by atoms with Crippen molar-refractivity contribution in [3.8, 4) is 0 Å². The van der Waals surface area contributed by atoms with Crippen molar-refractivity contribution in [2.24, 2.45) is 0 Å². The second-order valence-electron chi connectivity index (χ2n) is 4.11. The maximum absolute atomic E-state index is 11.1. The van der Waals surface area contributed by atoms with Crippen LogP contribution in [0.1, 0.15) is 32.6 Å². The highest BCUT2D eigenvalue weighted by atomic mass is 16.5. The molecule has 1 rings (SSSR count). The average Bonchev–Trinajstić information content (AvgIpc) is 2.25. The fourth-order valence-electron chi connectivity index (χ4n) is 2.34. The van der Waals surface area contributed by atoms with E-state index < -0.39 is 12.0 Å². The number of hydrogen-bond donors (Lipinski definition) is 1. The number of methoxy groups -OCH3 is 1. The minimum atomic E-state index is -0.766. The molecule has 0 aromatic heterocycles. The van der Waals surface area contributed by atoms with Crippen LogP contribution in [0.3, 0.4) is 0 Å². The van der Waals surface area contributed by atoms with Gasteiger partial charge >= 0.3 is 5.97 Å². The van der Waals surface area contributed by atoms with E-state index in [-0.39, 0.29) is 6.61 Å². The van der Waals surface area contributed by atoms with E-state index in [0.717, 1.165) is 25.8 Å². The van der Waals surface area contributed by atoms with Crippen LogP contribution in [0, 0.1) is 0 Å². The molecule has 1 fully saturated rings. The molecule has 0 saturated carbocycles. The highest BCUT2D eigenvalue weighted by Gasteiger charge is 2.32. The number of carbonyl (C=O) groups is 1. The van der Waals surface area contributed by atoms with Crippen molar-refractivity contribution in [2.45, 2.75) is 44.7 Å². The van der Waals surface area contributed by atoms with E-state index >= 15 is 0 Å². The summed E-state index contributed by atoms with van der Waals surface area (Å²) >= 11 is 0. The summed E-state index contributed by atoms with van der Waals surface area (Å²) in [7, 11) is 1.56. The first kappa shape index (κ1) is 12.5. The Morgan fingerprint density at radius 1 is 1.60 bits per heavy atom. The summed E-state index contributed by atoms with van der Waals surface area (Å²) in [5.41, 5.74) is 0. The van der Waals surface area contributed by atoms with Gasteiger partial charge in [0, 0.05) is 13.2 Å². The second kappa shape index (κ2) is 6.08. The van der Waals surface area contributed by atoms with Crippen molar-refractivity contribution in [3.05, 3.63) is 0 Å². The molecule has 0 amide bonds. The number of carboxylic acids is 1. The number of nitrogens with zero attached hydrogens (tertiary/aromatic N) is 1. The van der Waals surface area contributed by atoms with Crippen molar-refractivity contribution >= 4 is 5.97 Å². The van der Waals surface area contributed by atoms with Crippen LogP contribution in [0.15, 0.2) is 0 Å². The minimum absolute atomic E-state index is 0.284. The molecule has 1 saturated heterocycles. The second-order valence-corrected chi connectivity index (χ2v) is 4.11. The summed E-state index contributed by atoms with van der Waals surface area (Å²) in [4.78, 5) is 13.2. The maximum atomic E-state index is 11.1. The molecule has 0 aromatic carbocycles. The van der Waals surface area contributed by atoms with E-state index in [1.165, 1.54) is 6.42 Å². The van der Waals surface area contributed by atoms with Crippen molar-refractivity contribution < 1.29 is 14.6 Å². The van der Waals surface area contributed by atoms with Crippen LogP contribution in [0.4, 0.5) is 0 Å². The smallest absolute Gasteiger partial charge is 0.323 e. The topological polar surface area (TPSA) is 49.8 Å². The highest BCUT2D eigenvalue weighted by molar-refractivity contribution is 5.73. The van der Waals surface area contributed by atoms with Crippen molar-refractivity contribution in [1.29, 1.82) is 0 Å². The minimum Gasteiger partial charge on any atom is -0.480 e. The molecule has 0 spiro atoms. The van der Waals surface area contributed by atoms with Crippen LogP contribution >= 0.6 is 0 Å². The molecule has 1 aliphatic heterocycles. The largest absolute Gasteiger partial charge is 0.480 e. The molecule has 88 valence electrons. The molecule has 2 unspecified atom stereocenters. The highest BCUT2D eigenvalue weighted by Crippen LogP contribution is 2.22. The number of aliphatic carboxylic acids is 1. The van der Waals surface area contributed by atoms with E-state index in [9.17, 15) is 4.79 Å². The van der Waals surface area contributed by atoms with E-state index in [1.807, 2.05) is 0 Å². The monoisotopic (exact) mass is 215 g/mol. The van der Waals surface area contributed by atoms with Gasteiger partial charge < -0.3 is 9.84 Å². The Morgan fingerprint density at radius 3 is 2.87 bits per heavy atom. The quantitative estimate of drug-likeness (QED) is 0.752. The van der Waals surface area contributed by atoms with E-state index in [1.54, 1.807) is 7.11 Å². The van der Waals surface area contributed by atoms with Crippen LogP contribution in [0.2, 0.25) is 0 Å². The molecule has 1 N–H and O–H groups in total. The van der Waals surface area contributed by atoms with Gasteiger partial charge in [-0.15, -0.1) is 0 Å². The molecular formula is C11H21NO3. The number of likely N-dealkylation sites (tertiary alicyclic amines) is 1. The number of rotatable bonds is 5. The Bertz CT molecular complexity index is 208. The number of piperidine rings is 1. The van der Waals surface area contributed by atoms with Crippen LogP contribution in [-0.2, 0) is 9.53 Å². The zero-order valence-electron chi connectivity index (χ0n) is 9.61. The van der Waals surface area contributed by atoms with Gasteiger partial charge in [0.25, 0.3) is 0 Å². The molecular weight excluding hydrogens is 194 g/mol. The van der Waals surface area contributed by atoms with Gasteiger partial charge in [-0.2, -0.15) is 0 Å². The molecule has 4 heteroatoms. The van der Waals surface area contributed by atoms with Crippen LogP contribution < -0.4 is 0 Å². The van der Waals surface area contributed by atoms with Crippen molar-refractivity contribution in [1.82, 2.24) is 4.90 Å². The van der Waals surface area contributed by atoms with Crippen molar-refractivity contribution in [3.63, 3.8) is 0 Å². The molecule has 2 atom stereocenters. The van der Waals surface area contributed by atoms with E-state index in [4.69, 9.17) is 9.84 Å². The van der Waals surface area contributed by atoms with Gasteiger partial charge in [0.1, 0.15) is 6.04 Å². The van der Waals surface area contributed by atoms with Gasteiger partial charge in [-0.25, -0.2) is 0 Å². The van der Waals surface area contributed by atoms with Gasteiger partial charge in [-0.3, -0.25) is 9.69 Å². The average molecular weight is 215 g/mol. The third-order valence-corrected chi connectivity index (χ3v) is 3.15. The first-order valence-corrected chi connectivity index (χ1v) is 5.68. The first-order valence-electron chi connectivity index (χ1n) is 5.68. The molecule has 0 bridgehead atoms. The predicted molar refractivity (Wildman–Crippen MR) is 57.9 cm³/mol. The fraction of sp³-hybridized carbons (Fsp3) is 0.909. The van der Waals surface area contributed by atoms with E-state index in [0.29, 0.717) is 6.04 Å². The predicted octanol–water partition coefficient (Wildman–Crippen LogP) is 1.35. The summed E-state index contributed by atoms with van der Waals surface area (Å²) in [6.07, 6.45) is 4.45. The van der Waals surface area contributed by atoms with Gasteiger partial charge in [-0.05, 0) is 25.8 Å². The molecule has 0 aliphatic carbocycles. The molecule has 0 radical (unpaired) electrons. The van der Waals surface area contributed by atoms with Crippen LogP contribution in [0.5, 0.6) is 0 Å². The Kier molecular flexibility index (Phi) is 5.05. The Balaban J connectivity index is 2.65. The summed E-state index contributed by atoms with van der Waals surface area (Å²) in [5.74, 6) is -0.766. The molecule has 15 heavy (non-hydrogen) atoms. The lowest BCUT2D eigenvalue weighted by Crippen LogP contribution is -2.51. The number of hydrogen-bond acceptors (Lipinski definition) is 3. The van der Waals surface area contributed by atoms with Gasteiger partial charge in [0.15, 0.2) is 0 Å². The van der Waals surface area contributed by atoms with Gasteiger partial charge in [-0.1, -0.05) is 13.3 Å².